The molecule has 3 aromatic rings. The summed E-state index contributed by atoms with van der Waals surface area (Å²) in [5, 5.41) is 8.26. The van der Waals surface area contributed by atoms with Crippen LogP contribution >= 0.6 is 23.2 Å². The van der Waals surface area contributed by atoms with E-state index in [1.165, 1.54) is 11.1 Å². The Morgan fingerprint density at radius 3 is 2.20 bits per heavy atom. The van der Waals surface area contributed by atoms with Gasteiger partial charge in [0.2, 0.25) is 0 Å². The van der Waals surface area contributed by atoms with E-state index in [2.05, 4.69) is 46.2 Å². The first-order chi connectivity index (χ1) is 19.5. The highest BCUT2D eigenvalue weighted by Crippen LogP contribution is 2.44. The van der Waals surface area contributed by atoms with Crippen molar-refractivity contribution in [2.75, 3.05) is 32.7 Å². The SMILES string of the molecule is O=C(CN1CCN(Cc2ccccc2)CC1)N1N=C2/C(=C/c3ccc(Cl)cc3)CCC[C@@H]2[C@H]1c1ccc(Cl)cc1. The van der Waals surface area contributed by atoms with Gasteiger partial charge in [0.25, 0.3) is 5.91 Å². The van der Waals surface area contributed by atoms with Crippen molar-refractivity contribution in [1.82, 2.24) is 14.8 Å². The molecular formula is C33H34Cl2N4O. The summed E-state index contributed by atoms with van der Waals surface area (Å²) >= 11 is 12.3. The highest BCUT2D eigenvalue weighted by Gasteiger charge is 2.44. The van der Waals surface area contributed by atoms with E-state index in [4.69, 9.17) is 28.3 Å². The second-order valence-corrected chi connectivity index (χ2v) is 11.9. The Balaban J connectivity index is 1.20. The van der Waals surface area contributed by atoms with E-state index in [9.17, 15) is 4.79 Å². The average Bonchev–Trinajstić information content (AvgIpc) is 3.37. The van der Waals surface area contributed by atoms with Crippen LogP contribution < -0.4 is 0 Å². The molecule has 2 atom stereocenters. The molecule has 1 amide bonds. The molecule has 1 saturated carbocycles. The molecule has 3 aliphatic rings. The molecule has 2 aliphatic heterocycles. The fraction of sp³-hybridized carbons (Fsp3) is 0.333. The number of piperazine rings is 1. The van der Waals surface area contributed by atoms with Gasteiger partial charge in [-0.05, 0) is 71.9 Å². The lowest BCUT2D eigenvalue weighted by Gasteiger charge is -2.35. The summed E-state index contributed by atoms with van der Waals surface area (Å²) in [6.45, 7) is 4.98. The van der Waals surface area contributed by atoms with E-state index in [-0.39, 0.29) is 17.9 Å². The molecule has 5 nitrogen and oxygen atoms in total. The molecule has 2 heterocycles. The van der Waals surface area contributed by atoms with Gasteiger partial charge in [-0.15, -0.1) is 0 Å². The molecule has 0 N–H and O–H groups in total. The van der Waals surface area contributed by atoms with Crippen molar-refractivity contribution in [3.8, 4) is 0 Å². The van der Waals surface area contributed by atoms with E-state index >= 15 is 0 Å². The normalized spacial score (nSPS) is 22.8. The minimum atomic E-state index is -0.118. The third kappa shape index (κ3) is 6.18. The van der Waals surface area contributed by atoms with E-state index < -0.39 is 0 Å². The minimum Gasteiger partial charge on any atom is -0.297 e. The quantitative estimate of drug-likeness (QED) is 0.321. The zero-order valence-electron chi connectivity index (χ0n) is 22.6. The number of hydrogen-bond donors (Lipinski definition) is 0. The Bertz CT molecular complexity index is 1380. The second-order valence-electron chi connectivity index (χ2n) is 11.0. The highest BCUT2D eigenvalue weighted by molar-refractivity contribution is 6.30. The largest absolute Gasteiger partial charge is 0.297 e. The van der Waals surface area contributed by atoms with Crippen LogP contribution in [0.3, 0.4) is 0 Å². The maximum Gasteiger partial charge on any atom is 0.257 e. The smallest absolute Gasteiger partial charge is 0.257 e. The molecule has 0 radical (unpaired) electrons. The van der Waals surface area contributed by atoms with E-state index in [1.807, 2.05) is 48.5 Å². The zero-order valence-corrected chi connectivity index (χ0v) is 24.1. The van der Waals surface area contributed by atoms with Crippen LogP contribution in [0.5, 0.6) is 0 Å². The van der Waals surface area contributed by atoms with Gasteiger partial charge in [0.1, 0.15) is 0 Å². The molecule has 6 rings (SSSR count). The van der Waals surface area contributed by atoms with Gasteiger partial charge in [0.15, 0.2) is 0 Å². The van der Waals surface area contributed by atoms with Crippen LogP contribution in [0.15, 0.2) is 89.5 Å². The number of hydrogen-bond acceptors (Lipinski definition) is 4. The summed E-state index contributed by atoms with van der Waals surface area (Å²) in [7, 11) is 0. The molecule has 0 unspecified atom stereocenters. The van der Waals surface area contributed by atoms with Crippen LogP contribution in [0.25, 0.3) is 6.08 Å². The number of halogens is 2. The molecule has 7 heteroatoms. The predicted molar refractivity (Wildman–Crippen MR) is 163 cm³/mol. The maximum absolute atomic E-state index is 13.9. The standard InChI is InChI=1S/C33H34Cl2N4O/c34-28-13-9-24(10-14-28)21-27-7-4-8-30-32(27)36-39(33(30)26-11-15-29(35)16-12-26)31(40)23-38-19-17-37(18-20-38)22-25-5-2-1-3-6-25/h1-3,5-6,9-16,21,30,33H,4,7-8,17-20,22-23H2/b27-21+/t30-,33+/m0/s1. The number of fused-ring (bicyclic) bond motifs is 1. The van der Waals surface area contributed by atoms with E-state index in [0.717, 1.165) is 73.8 Å². The fourth-order valence-corrected chi connectivity index (χ4v) is 6.42. The van der Waals surface area contributed by atoms with Crippen molar-refractivity contribution in [3.05, 3.63) is 111 Å². The Labute approximate surface area is 246 Å². The summed E-state index contributed by atoms with van der Waals surface area (Å²) in [5.41, 5.74) is 5.77. The van der Waals surface area contributed by atoms with E-state index in [0.29, 0.717) is 11.6 Å². The molecular weight excluding hydrogens is 539 g/mol. The van der Waals surface area contributed by atoms with Gasteiger partial charge in [-0.3, -0.25) is 14.6 Å². The fourth-order valence-electron chi connectivity index (χ4n) is 6.17. The molecule has 1 saturated heterocycles. The Hall–Kier alpha value is -2.96. The number of carbonyl (C=O) groups is 1. The van der Waals surface area contributed by atoms with Crippen molar-refractivity contribution < 1.29 is 4.79 Å². The number of rotatable bonds is 6. The predicted octanol–water partition coefficient (Wildman–Crippen LogP) is 6.93. The number of carbonyl (C=O) groups excluding carboxylic acids is 1. The lowest BCUT2D eigenvalue weighted by atomic mass is 9.77. The highest BCUT2D eigenvalue weighted by atomic mass is 35.5. The molecule has 206 valence electrons. The van der Waals surface area contributed by atoms with Crippen LogP contribution in [-0.4, -0.2) is 59.2 Å². The first-order valence-corrected chi connectivity index (χ1v) is 14.9. The van der Waals surface area contributed by atoms with Gasteiger partial charge in [0, 0.05) is 48.7 Å². The van der Waals surface area contributed by atoms with Crippen molar-refractivity contribution in [1.29, 1.82) is 0 Å². The summed E-state index contributed by atoms with van der Waals surface area (Å²) in [6.07, 6.45) is 5.24. The Morgan fingerprint density at radius 2 is 1.50 bits per heavy atom. The summed E-state index contributed by atoms with van der Waals surface area (Å²) in [5.74, 6) is 0.226. The van der Waals surface area contributed by atoms with Gasteiger partial charge >= 0.3 is 0 Å². The molecule has 0 aromatic heterocycles. The Morgan fingerprint density at radius 1 is 0.850 bits per heavy atom. The minimum absolute atomic E-state index is 0.0594. The summed E-state index contributed by atoms with van der Waals surface area (Å²) in [6, 6.07) is 26.3. The van der Waals surface area contributed by atoms with Gasteiger partial charge in [-0.25, -0.2) is 5.01 Å². The maximum atomic E-state index is 13.9. The van der Waals surface area contributed by atoms with Crippen molar-refractivity contribution in [3.63, 3.8) is 0 Å². The lowest BCUT2D eigenvalue weighted by molar-refractivity contribution is -0.135. The van der Waals surface area contributed by atoms with E-state index in [1.54, 1.807) is 5.01 Å². The van der Waals surface area contributed by atoms with Crippen molar-refractivity contribution in [2.45, 2.75) is 31.8 Å². The summed E-state index contributed by atoms with van der Waals surface area (Å²) < 4.78 is 0. The monoisotopic (exact) mass is 572 g/mol. The topological polar surface area (TPSA) is 39.2 Å². The Kier molecular flexibility index (Phi) is 8.35. The first-order valence-electron chi connectivity index (χ1n) is 14.1. The number of nitrogens with zero attached hydrogens (tertiary/aromatic N) is 4. The molecule has 0 bridgehead atoms. The molecule has 0 spiro atoms. The van der Waals surface area contributed by atoms with Crippen molar-refractivity contribution >= 4 is 40.9 Å². The van der Waals surface area contributed by atoms with Crippen LogP contribution in [0.1, 0.15) is 42.0 Å². The lowest BCUT2D eigenvalue weighted by Crippen LogP contribution is -2.49. The first kappa shape index (κ1) is 27.2. The molecule has 1 aliphatic carbocycles. The van der Waals surface area contributed by atoms with Crippen LogP contribution in [0.4, 0.5) is 0 Å². The average molecular weight is 574 g/mol. The number of allylic oxidation sites excluding steroid dienone is 1. The van der Waals surface area contributed by atoms with Crippen LogP contribution in [-0.2, 0) is 11.3 Å². The molecule has 2 fully saturated rings. The van der Waals surface area contributed by atoms with Gasteiger partial charge in [-0.1, -0.05) is 77.8 Å². The number of hydrazone groups is 1. The third-order valence-corrected chi connectivity index (χ3v) is 8.76. The van der Waals surface area contributed by atoms with Crippen LogP contribution in [0, 0.1) is 5.92 Å². The molecule has 3 aromatic carbocycles. The molecule has 40 heavy (non-hydrogen) atoms. The van der Waals surface area contributed by atoms with Gasteiger partial charge in [0.05, 0.1) is 18.3 Å². The van der Waals surface area contributed by atoms with Crippen molar-refractivity contribution in [2.24, 2.45) is 11.0 Å². The number of benzene rings is 3. The summed E-state index contributed by atoms with van der Waals surface area (Å²) in [4.78, 5) is 18.6. The van der Waals surface area contributed by atoms with Crippen LogP contribution in [0.2, 0.25) is 10.0 Å². The van der Waals surface area contributed by atoms with Gasteiger partial charge < -0.3 is 0 Å². The van der Waals surface area contributed by atoms with Gasteiger partial charge in [-0.2, -0.15) is 5.10 Å². The zero-order chi connectivity index (χ0) is 27.5. The number of amides is 1. The third-order valence-electron chi connectivity index (χ3n) is 8.25. The second kappa shape index (κ2) is 12.3.